The first-order valence-electron chi connectivity index (χ1n) is 11.9. The van der Waals surface area contributed by atoms with Crippen LogP contribution in [0.1, 0.15) is 122 Å². The van der Waals surface area contributed by atoms with Crippen molar-refractivity contribution >= 4 is 11.9 Å². The number of nitrogens with two attached hydrogens (primary N) is 2. The van der Waals surface area contributed by atoms with Crippen molar-refractivity contribution in [2.24, 2.45) is 11.5 Å². The molecule has 0 aromatic rings. The summed E-state index contributed by atoms with van der Waals surface area (Å²) in [4.78, 5) is 20.5. The van der Waals surface area contributed by atoms with E-state index in [0.717, 1.165) is 51.6 Å². The molecule has 0 aliphatic carbocycles. The molecule has 0 aliphatic rings. The van der Waals surface area contributed by atoms with Gasteiger partial charge in [-0.3, -0.25) is 9.59 Å². The summed E-state index contributed by atoms with van der Waals surface area (Å²) >= 11 is 0. The number of unbranched alkanes of at least 4 members (excludes halogenated alkanes) is 15. The zero-order valence-electron chi connectivity index (χ0n) is 18.7. The van der Waals surface area contributed by atoms with Gasteiger partial charge in [0.2, 0.25) is 0 Å². The van der Waals surface area contributed by atoms with Crippen LogP contribution in [-0.4, -0.2) is 35.2 Å². The lowest BCUT2D eigenvalue weighted by atomic mass is 10.1. The van der Waals surface area contributed by atoms with Crippen LogP contribution in [0.25, 0.3) is 0 Å². The zero-order chi connectivity index (χ0) is 22.0. The maximum absolute atomic E-state index is 10.2. The molecule has 0 rings (SSSR count). The molecule has 6 nitrogen and oxygen atoms in total. The number of aliphatic carboxylic acids is 2. The van der Waals surface area contributed by atoms with E-state index in [1.807, 2.05) is 0 Å². The highest BCUT2D eigenvalue weighted by atomic mass is 16.4. The summed E-state index contributed by atoms with van der Waals surface area (Å²) in [6.07, 6.45) is 20.4. The van der Waals surface area contributed by atoms with Crippen LogP contribution in [-0.2, 0) is 9.59 Å². The minimum absolute atomic E-state index is 0.287. The molecule has 0 atom stereocenters. The summed E-state index contributed by atoms with van der Waals surface area (Å²) in [7, 11) is 0. The van der Waals surface area contributed by atoms with Gasteiger partial charge >= 0.3 is 11.9 Å². The van der Waals surface area contributed by atoms with E-state index in [4.69, 9.17) is 21.7 Å². The smallest absolute Gasteiger partial charge is 0.303 e. The van der Waals surface area contributed by atoms with Gasteiger partial charge in [-0.25, -0.2) is 0 Å². The van der Waals surface area contributed by atoms with Crippen LogP contribution in [0.3, 0.4) is 0 Å². The fourth-order valence-electron chi connectivity index (χ4n) is 3.14. The first-order valence-corrected chi connectivity index (χ1v) is 11.9. The standard InChI is InChI=1S/C13H24O4.C10H24N2/c14-12(15)10-8-6-4-2-1-3-5-7-9-11-13(16)17;11-9-7-5-3-1-2-4-6-8-10-12/h1-11H2,(H,14,15)(H,16,17);1-12H2. The third-order valence-electron chi connectivity index (χ3n) is 4.94. The van der Waals surface area contributed by atoms with Gasteiger partial charge in [-0.2, -0.15) is 0 Å². The normalized spacial score (nSPS) is 10.4. The fraction of sp³-hybridized carbons (Fsp3) is 0.913. The highest BCUT2D eigenvalue weighted by Gasteiger charge is 1.98. The Morgan fingerprint density at radius 2 is 0.621 bits per heavy atom. The van der Waals surface area contributed by atoms with Crippen molar-refractivity contribution in [3.63, 3.8) is 0 Å². The minimum Gasteiger partial charge on any atom is -0.481 e. The zero-order valence-corrected chi connectivity index (χ0v) is 18.7. The lowest BCUT2D eigenvalue weighted by molar-refractivity contribution is -0.138. The second-order valence-electron chi connectivity index (χ2n) is 7.88. The third kappa shape index (κ3) is 34.7. The molecule has 0 aromatic carbocycles. The molecule has 0 bridgehead atoms. The molecule has 0 heterocycles. The van der Waals surface area contributed by atoms with E-state index in [2.05, 4.69) is 0 Å². The Morgan fingerprint density at radius 3 is 0.828 bits per heavy atom. The lowest BCUT2D eigenvalue weighted by Crippen LogP contribution is -1.98. The predicted octanol–water partition coefficient (Wildman–Crippen LogP) is 5.47. The lowest BCUT2D eigenvalue weighted by Gasteiger charge is -2.01. The maximum atomic E-state index is 10.2. The van der Waals surface area contributed by atoms with Gasteiger partial charge in [0.1, 0.15) is 0 Å². The molecule has 0 fully saturated rings. The summed E-state index contributed by atoms with van der Waals surface area (Å²) in [5, 5.41) is 16.9. The number of carboxylic acids is 2. The fourth-order valence-corrected chi connectivity index (χ4v) is 3.14. The number of rotatable bonds is 21. The van der Waals surface area contributed by atoms with E-state index in [-0.39, 0.29) is 12.8 Å². The second kappa shape index (κ2) is 26.9. The van der Waals surface area contributed by atoms with Crippen LogP contribution in [0.4, 0.5) is 0 Å². The summed E-state index contributed by atoms with van der Waals surface area (Å²) in [5.74, 6) is -1.41. The highest BCUT2D eigenvalue weighted by molar-refractivity contribution is 5.66. The van der Waals surface area contributed by atoms with E-state index in [1.165, 1.54) is 70.6 Å². The molecule has 0 radical (unpaired) electrons. The largest absolute Gasteiger partial charge is 0.481 e. The van der Waals surface area contributed by atoms with Crippen molar-refractivity contribution in [1.29, 1.82) is 0 Å². The predicted molar refractivity (Wildman–Crippen MR) is 121 cm³/mol. The van der Waals surface area contributed by atoms with Gasteiger partial charge in [-0.1, -0.05) is 83.5 Å². The highest BCUT2D eigenvalue weighted by Crippen LogP contribution is 2.11. The molecule has 0 saturated carbocycles. The van der Waals surface area contributed by atoms with Crippen LogP contribution < -0.4 is 11.5 Å². The molecule has 0 unspecified atom stereocenters. The average molecular weight is 417 g/mol. The summed E-state index contributed by atoms with van der Waals surface area (Å²) in [6, 6.07) is 0. The van der Waals surface area contributed by atoms with Gasteiger partial charge in [0.25, 0.3) is 0 Å². The topological polar surface area (TPSA) is 127 Å². The maximum Gasteiger partial charge on any atom is 0.303 e. The molecule has 0 aliphatic heterocycles. The van der Waals surface area contributed by atoms with E-state index in [0.29, 0.717) is 0 Å². The van der Waals surface area contributed by atoms with Crippen molar-refractivity contribution < 1.29 is 19.8 Å². The molecular formula is C23H48N2O4. The molecule has 0 amide bonds. The number of carboxylic acid groups (broad SMARTS) is 2. The molecule has 29 heavy (non-hydrogen) atoms. The quantitative estimate of drug-likeness (QED) is 0.184. The molecule has 0 aromatic heterocycles. The Bertz CT molecular complexity index is 320. The van der Waals surface area contributed by atoms with Crippen LogP contribution in [0.5, 0.6) is 0 Å². The van der Waals surface area contributed by atoms with E-state index < -0.39 is 11.9 Å². The summed E-state index contributed by atoms with van der Waals surface area (Å²) in [6.45, 7) is 1.71. The molecule has 0 spiro atoms. The first kappa shape index (κ1) is 30.1. The second-order valence-corrected chi connectivity index (χ2v) is 7.88. The first-order chi connectivity index (χ1) is 14.0. The van der Waals surface area contributed by atoms with Gasteiger partial charge < -0.3 is 21.7 Å². The summed E-state index contributed by atoms with van der Waals surface area (Å²) in [5.41, 5.74) is 10.8. The van der Waals surface area contributed by atoms with Crippen molar-refractivity contribution in [3.05, 3.63) is 0 Å². The summed E-state index contributed by atoms with van der Waals surface area (Å²) < 4.78 is 0. The van der Waals surface area contributed by atoms with Crippen LogP contribution in [0, 0.1) is 0 Å². The van der Waals surface area contributed by atoms with E-state index in [9.17, 15) is 9.59 Å². The van der Waals surface area contributed by atoms with Crippen molar-refractivity contribution in [3.8, 4) is 0 Å². The molecule has 6 heteroatoms. The van der Waals surface area contributed by atoms with Crippen LogP contribution in [0.2, 0.25) is 0 Å². The monoisotopic (exact) mass is 416 g/mol. The van der Waals surface area contributed by atoms with E-state index >= 15 is 0 Å². The Kier molecular flexibility index (Phi) is 27.8. The van der Waals surface area contributed by atoms with Gasteiger partial charge in [0.15, 0.2) is 0 Å². The number of hydrogen-bond acceptors (Lipinski definition) is 4. The third-order valence-corrected chi connectivity index (χ3v) is 4.94. The average Bonchev–Trinajstić information content (AvgIpc) is 2.68. The minimum atomic E-state index is -0.705. The van der Waals surface area contributed by atoms with E-state index in [1.54, 1.807) is 0 Å². The molecule has 174 valence electrons. The number of carbonyl (C=O) groups is 2. The van der Waals surface area contributed by atoms with Gasteiger partial charge in [0, 0.05) is 12.8 Å². The Hall–Kier alpha value is -1.14. The Morgan fingerprint density at radius 1 is 0.414 bits per heavy atom. The van der Waals surface area contributed by atoms with Crippen LogP contribution >= 0.6 is 0 Å². The molecule has 0 saturated heterocycles. The van der Waals surface area contributed by atoms with Gasteiger partial charge in [-0.05, 0) is 38.8 Å². The Labute approximate surface area is 178 Å². The molecule has 6 N–H and O–H groups in total. The SMILES string of the molecule is NCCCCCCCCCCN.O=C(O)CCCCCCCCCCCC(=O)O. The Balaban J connectivity index is 0. The molecular weight excluding hydrogens is 368 g/mol. The van der Waals surface area contributed by atoms with Crippen molar-refractivity contribution in [2.75, 3.05) is 13.1 Å². The van der Waals surface area contributed by atoms with Crippen LogP contribution in [0.15, 0.2) is 0 Å². The van der Waals surface area contributed by atoms with Crippen molar-refractivity contribution in [2.45, 2.75) is 122 Å². The van der Waals surface area contributed by atoms with Crippen molar-refractivity contribution in [1.82, 2.24) is 0 Å². The number of hydrogen-bond donors (Lipinski definition) is 4. The van der Waals surface area contributed by atoms with Gasteiger partial charge in [-0.15, -0.1) is 0 Å². The van der Waals surface area contributed by atoms with Gasteiger partial charge in [0.05, 0.1) is 0 Å².